The van der Waals surface area contributed by atoms with Gasteiger partial charge in [0.25, 0.3) is 0 Å². The fourth-order valence-corrected chi connectivity index (χ4v) is 7.36. The highest BCUT2D eigenvalue weighted by Crippen LogP contribution is 2.65. The molecule has 39 heavy (non-hydrogen) atoms. The van der Waals surface area contributed by atoms with E-state index in [9.17, 15) is 32.5 Å². The summed E-state index contributed by atoms with van der Waals surface area (Å²) in [6.45, 7) is 10.0. The summed E-state index contributed by atoms with van der Waals surface area (Å²) in [5.41, 5.74) is -1.06. The molecular weight excluding hydrogens is 525 g/mol. The number of halogens is 1. The summed E-state index contributed by atoms with van der Waals surface area (Å²) < 4.78 is 42.1. The van der Waals surface area contributed by atoms with Crippen molar-refractivity contribution in [2.45, 2.75) is 70.5 Å². The first kappa shape index (κ1) is 29.0. The summed E-state index contributed by atoms with van der Waals surface area (Å²) in [7, 11) is -4.18. The smallest absolute Gasteiger partial charge is 0.244 e. The average molecular weight is 562 g/mol. The number of benzene rings is 1. The number of likely N-dealkylation sites (tertiary alicyclic amines) is 1. The van der Waals surface area contributed by atoms with Crippen molar-refractivity contribution in [3.8, 4) is 6.07 Å². The maximum Gasteiger partial charge on any atom is 0.244 e. The van der Waals surface area contributed by atoms with Crippen LogP contribution in [0, 0.1) is 45.7 Å². The molecule has 3 fully saturated rings. The van der Waals surface area contributed by atoms with Crippen molar-refractivity contribution < 1.29 is 27.2 Å². The third-order valence-electron chi connectivity index (χ3n) is 8.43. The molecule has 0 bridgehead atoms. The molecule has 0 unspecified atom stereocenters. The topological polar surface area (TPSA) is 148 Å². The van der Waals surface area contributed by atoms with Crippen LogP contribution in [0.1, 0.15) is 47.5 Å². The van der Waals surface area contributed by atoms with Gasteiger partial charge in [-0.05, 0) is 59.8 Å². The first-order chi connectivity index (χ1) is 18.1. The van der Waals surface area contributed by atoms with Gasteiger partial charge in [0.2, 0.25) is 27.7 Å². The Morgan fingerprint density at radius 1 is 1.26 bits per heavy atom. The Bertz CT molecular complexity index is 1300. The van der Waals surface area contributed by atoms with Gasteiger partial charge in [-0.25, -0.2) is 12.8 Å². The van der Waals surface area contributed by atoms with Crippen molar-refractivity contribution in [2.24, 2.45) is 28.6 Å². The van der Waals surface area contributed by atoms with E-state index < -0.39 is 51.2 Å². The summed E-state index contributed by atoms with van der Waals surface area (Å²) in [5.74, 6) is -2.23. The lowest BCUT2D eigenvalue weighted by molar-refractivity contribution is -0.143. The quantitative estimate of drug-likeness (QED) is 0.439. The standard InChI is InChI=1S/C27H36FN5O5S/c1-26(2,3)22(32-39(37,38)18-8-6-16(28)7-9-18)25(36)33-14-19-20(27(19,4)5)21(33)24(35)31-17(13-29)12-15-10-11-30-23(15)34/h6-9,15,17,19-22,32H,10-12,14H2,1-5H3,(H,30,34)(H,31,35)/t15-,17-,19-,20-,21-,22+/m0/s1. The van der Waals surface area contributed by atoms with Crippen molar-refractivity contribution in [1.29, 1.82) is 5.26 Å². The summed E-state index contributed by atoms with van der Waals surface area (Å²) in [5, 5.41) is 15.2. The fraction of sp³-hybridized carbons (Fsp3) is 0.630. The molecule has 1 saturated carbocycles. The average Bonchev–Trinajstić information content (AvgIpc) is 3.19. The second kappa shape index (κ2) is 10.2. The lowest BCUT2D eigenvalue weighted by Crippen LogP contribution is -2.59. The highest BCUT2D eigenvalue weighted by Gasteiger charge is 2.69. The van der Waals surface area contributed by atoms with Gasteiger partial charge in [0.1, 0.15) is 23.9 Å². The number of fused-ring (bicyclic) bond motifs is 1. The molecule has 2 saturated heterocycles. The van der Waals surface area contributed by atoms with E-state index in [0.29, 0.717) is 13.0 Å². The number of hydrogen-bond acceptors (Lipinski definition) is 6. The molecule has 6 atom stereocenters. The third kappa shape index (κ3) is 5.65. The number of amides is 3. The van der Waals surface area contributed by atoms with Gasteiger partial charge in [0, 0.05) is 19.0 Å². The molecule has 10 nitrogen and oxygen atoms in total. The van der Waals surface area contributed by atoms with Gasteiger partial charge in [-0.15, -0.1) is 0 Å². The molecule has 1 aromatic rings. The Hall–Kier alpha value is -3.04. The van der Waals surface area contributed by atoms with Gasteiger partial charge in [0.15, 0.2) is 0 Å². The number of carbonyl (C=O) groups excluding carboxylic acids is 3. The van der Waals surface area contributed by atoms with Crippen LogP contribution in [0.25, 0.3) is 0 Å². The molecule has 1 aromatic carbocycles. The molecule has 0 aromatic heterocycles. The van der Waals surface area contributed by atoms with Crippen LogP contribution in [0.3, 0.4) is 0 Å². The van der Waals surface area contributed by atoms with Crippen molar-refractivity contribution in [3.63, 3.8) is 0 Å². The van der Waals surface area contributed by atoms with Gasteiger partial charge in [-0.3, -0.25) is 14.4 Å². The predicted octanol–water partition coefficient (Wildman–Crippen LogP) is 1.54. The van der Waals surface area contributed by atoms with Crippen LogP contribution >= 0.6 is 0 Å². The second-order valence-electron chi connectivity index (χ2n) is 12.5. The zero-order valence-corrected chi connectivity index (χ0v) is 23.6. The van der Waals surface area contributed by atoms with E-state index in [1.165, 1.54) is 4.90 Å². The maximum absolute atomic E-state index is 14.0. The minimum atomic E-state index is -4.18. The lowest BCUT2D eigenvalue weighted by Gasteiger charge is -2.37. The molecule has 212 valence electrons. The van der Waals surface area contributed by atoms with Crippen molar-refractivity contribution in [1.82, 2.24) is 20.3 Å². The van der Waals surface area contributed by atoms with E-state index >= 15 is 0 Å². The Morgan fingerprint density at radius 3 is 2.44 bits per heavy atom. The highest BCUT2D eigenvalue weighted by molar-refractivity contribution is 7.89. The Labute approximate surface area is 228 Å². The minimum absolute atomic E-state index is 0.0488. The molecule has 3 amide bonds. The van der Waals surface area contributed by atoms with Gasteiger partial charge in [-0.1, -0.05) is 34.6 Å². The van der Waals surface area contributed by atoms with E-state index in [2.05, 4.69) is 21.4 Å². The Kier molecular flexibility index (Phi) is 7.55. The molecule has 3 N–H and O–H groups in total. The van der Waals surface area contributed by atoms with E-state index in [-0.39, 0.29) is 46.9 Å². The molecule has 0 spiro atoms. The minimum Gasteiger partial charge on any atom is -0.356 e. The molecule has 12 heteroatoms. The number of sulfonamides is 1. The first-order valence-electron chi connectivity index (χ1n) is 13.1. The molecule has 3 aliphatic rings. The molecule has 4 rings (SSSR count). The number of carbonyl (C=O) groups is 3. The predicted molar refractivity (Wildman–Crippen MR) is 140 cm³/mol. The number of nitrogens with zero attached hydrogens (tertiary/aromatic N) is 2. The van der Waals surface area contributed by atoms with E-state index in [0.717, 1.165) is 24.3 Å². The van der Waals surface area contributed by atoms with Crippen LogP contribution in [0.4, 0.5) is 4.39 Å². The van der Waals surface area contributed by atoms with Crippen LogP contribution in [-0.4, -0.2) is 62.3 Å². The van der Waals surface area contributed by atoms with Gasteiger partial charge in [0.05, 0.1) is 11.0 Å². The van der Waals surface area contributed by atoms with Gasteiger partial charge >= 0.3 is 0 Å². The zero-order chi connectivity index (χ0) is 28.9. The summed E-state index contributed by atoms with van der Waals surface area (Å²) in [6.07, 6.45) is 0.758. The maximum atomic E-state index is 14.0. The van der Waals surface area contributed by atoms with Crippen LogP contribution in [0.15, 0.2) is 29.2 Å². The zero-order valence-electron chi connectivity index (χ0n) is 22.8. The SMILES string of the molecule is CC(C)(C)[C@H](NS(=O)(=O)c1ccc(F)cc1)C(=O)N1C[C@H]2[C@@H]([C@H]1C(=O)N[C@H](C#N)C[C@@H]1CCNC1=O)C2(C)C. The number of nitriles is 1. The third-order valence-corrected chi connectivity index (χ3v) is 9.86. The number of nitrogens with one attached hydrogen (secondary N) is 3. The number of hydrogen-bond donors (Lipinski definition) is 3. The summed E-state index contributed by atoms with van der Waals surface area (Å²) in [6, 6.07) is 3.37. The first-order valence-corrected chi connectivity index (χ1v) is 14.6. The number of piperidine rings is 1. The molecule has 2 heterocycles. The Morgan fingerprint density at radius 2 is 1.90 bits per heavy atom. The lowest BCUT2D eigenvalue weighted by atomic mass is 9.86. The molecule has 0 radical (unpaired) electrons. The normalized spacial score (nSPS) is 27.2. The largest absolute Gasteiger partial charge is 0.356 e. The summed E-state index contributed by atoms with van der Waals surface area (Å²) in [4.78, 5) is 40.8. The van der Waals surface area contributed by atoms with Crippen LogP contribution < -0.4 is 15.4 Å². The van der Waals surface area contributed by atoms with Crippen molar-refractivity contribution in [2.75, 3.05) is 13.1 Å². The van der Waals surface area contributed by atoms with Crippen molar-refractivity contribution >= 4 is 27.7 Å². The summed E-state index contributed by atoms with van der Waals surface area (Å²) >= 11 is 0. The van der Waals surface area contributed by atoms with Crippen LogP contribution in [0.5, 0.6) is 0 Å². The number of rotatable bonds is 8. The van der Waals surface area contributed by atoms with Crippen molar-refractivity contribution in [3.05, 3.63) is 30.1 Å². The second-order valence-corrected chi connectivity index (χ2v) is 14.2. The van der Waals surface area contributed by atoms with E-state index in [4.69, 9.17) is 0 Å². The molecule has 2 aliphatic heterocycles. The molecule has 1 aliphatic carbocycles. The monoisotopic (exact) mass is 561 g/mol. The van der Waals surface area contributed by atoms with Gasteiger partial charge < -0.3 is 15.5 Å². The van der Waals surface area contributed by atoms with Gasteiger partial charge in [-0.2, -0.15) is 9.98 Å². The molecular formula is C27H36FN5O5S. The van der Waals surface area contributed by atoms with Crippen LogP contribution in [-0.2, 0) is 24.4 Å². The Balaban J connectivity index is 1.56. The van der Waals surface area contributed by atoms with E-state index in [1.54, 1.807) is 20.8 Å². The van der Waals surface area contributed by atoms with Crippen LogP contribution in [0.2, 0.25) is 0 Å². The highest BCUT2D eigenvalue weighted by atomic mass is 32.2. The van der Waals surface area contributed by atoms with E-state index in [1.807, 2.05) is 13.8 Å². The fourth-order valence-electron chi connectivity index (χ4n) is 5.97.